The second-order valence-electron chi connectivity index (χ2n) is 7.58. The van der Waals surface area contributed by atoms with E-state index in [1.165, 1.54) is 23.0 Å². The van der Waals surface area contributed by atoms with Crippen LogP contribution in [0, 0.1) is 0 Å². The third kappa shape index (κ3) is 3.89. The maximum Gasteiger partial charge on any atom is 0.338 e. The molecule has 8 heteroatoms. The summed E-state index contributed by atoms with van der Waals surface area (Å²) in [6.45, 7) is 1.74. The van der Waals surface area contributed by atoms with E-state index in [2.05, 4.69) is 4.99 Å². The zero-order chi connectivity index (χ0) is 23.0. The van der Waals surface area contributed by atoms with Gasteiger partial charge in [0.15, 0.2) is 4.80 Å². The van der Waals surface area contributed by atoms with E-state index in [9.17, 15) is 9.59 Å². The molecule has 0 saturated carbocycles. The number of esters is 1. The van der Waals surface area contributed by atoms with E-state index in [4.69, 9.17) is 16.3 Å². The number of rotatable bonds is 4. The number of aromatic nitrogens is 1. The standard InChI is InChI=1S/C24H22ClN3O3S/c1-14-20(23(30)31-4)21(17-7-5-6-8-18(17)25)28-22(29)19(32-24(28)26-14)13-15-9-11-16(12-10-15)27(2)3/h5-13,21H,1-4H3/b19-13-/t21-/m0/s1. The van der Waals surface area contributed by atoms with E-state index in [1.54, 1.807) is 19.1 Å². The molecule has 1 aromatic heterocycles. The quantitative estimate of drug-likeness (QED) is 0.553. The third-order valence-corrected chi connectivity index (χ3v) is 6.66. The van der Waals surface area contributed by atoms with Gasteiger partial charge < -0.3 is 9.64 Å². The number of nitrogens with zero attached hydrogens (tertiary/aromatic N) is 3. The number of methoxy groups -OCH3 is 1. The van der Waals surface area contributed by atoms with Gasteiger partial charge in [-0.15, -0.1) is 0 Å². The van der Waals surface area contributed by atoms with Crippen molar-refractivity contribution in [1.29, 1.82) is 0 Å². The number of fused-ring (bicyclic) bond motifs is 1. The topological polar surface area (TPSA) is 63.9 Å². The number of anilines is 1. The summed E-state index contributed by atoms with van der Waals surface area (Å²) in [6, 6.07) is 14.4. The zero-order valence-electron chi connectivity index (χ0n) is 18.1. The van der Waals surface area contributed by atoms with Crippen LogP contribution >= 0.6 is 22.9 Å². The Morgan fingerprint density at radius 1 is 1.19 bits per heavy atom. The molecule has 0 bridgehead atoms. The second-order valence-corrected chi connectivity index (χ2v) is 9.00. The first-order chi connectivity index (χ1) is 15.3. The predicted octanol–water partition coefficient (Wildman–Crippen LogP) is 3.13. The minimum Gasteiger partial charge on any atom is -0.466 e. The number of thiazole rings is 1. The van der Waals surface area contributed by atoms with Crippen LogP contribution in [0.5, 0.6) is 0 Å². The Morgan fingerprint density at radius 2 is 1.88 bits per heavy atom. The van der Waals surface area contributed by atoms with Crippen LogP contribution in [0.4, 0.5) is 5.69 Å². The third-order valence-electron chi connectivity index (χ3n) is 5.33. The SMILES string of the molecule is COC(=O)C1=C(C)N=c2s/c(=C\c3ccc(N(C)C)cc3)c(=O)n2[C@H]1c1ccccc1Cl. The number of halogens is 1. The molecule has 0 spiro atoms. The molecule has 2 aromatic carbocycles. The molecular weight excluding hydrogens is 446 g/mol. The number of allylic oxidation sites excluding steroid dienone is 1. The summed E-state index contributed by atoms with van der Waals surface area (Å²) in [6.07, 6.45) is 1.84. The lowest BCUT2D eigenvalue weighted by Gasteiger charge is -2.25. The van der Waals surface area contributed by atoms with Crippen LogP contribution in [-0.2, 0) is 9.53 Å². The van der Waals surface area contributed by atoms with E-state index in [0.29, 0.717) is 31.2 Å². The molecule has 32 heavy (non-hydrogen) atoms. The minimum absolute atomic E-state index is 0.232. The highest BCUT2D eigenvalue weighted by Crippen LogP contribution is 2.34. The molecule has 0 fully saturated rings. The van der Waals surface area contributed by atoms with Crippen LogP contribution in [0.1, 0.15) is 24.1 Å². The van der Waals surface area contributed by atoms with Crippen molar-refractivity contribution in [1.82, 2.24) is 4.57 Å². The van der Waals surface area contributed by atoms with Crippen molar-refractivity contribution >= 4 is 40.7 Å². The molecule has 4 rings (SSSR count). The Hall–Kier alpha value is -3.16. The van der Waals surface area contributed by atoms with E-state index in [0.717, 1.165) is 11.3 Å². The lowest BCUT2D eigenvalue weighted by atomic mass is 9.96. The molecule has 0 N–H and O–H groups in total. The predicted molar refractivity (Wildman–Crippen MR) is 128 cm³/mol. The van der Waals surface area contributed by atoms with Crippen LogP contribution in [0.25, 0.3) is 6.08 Å². The number of benzene rings is 2. The van der Waals surface area contributed by atoms with Crippen molar-refractivity contribution in [3.05, 3.63) is 95.6 Å². The summed E-state index contributed by atoms with van der Waals surface area (Å²) >= 11 is 7.77. The normalized spacial score (nSPS) is 15.9. The number of carbonyl (C=O) groups is 1. The summed E-state index contributed by atoms with van der Waals surface area (Å²) in [5.41, 5.74) is 3.19. The summed E-state index contributed by atoms with van der Waals surface area (Å²) < 4.78 is 7.07. The van der Waals surface area contributed by atoms with E-state index < -0.39 is 12.0 Å². The smallest absolute Gasteiger partial charge is 0.338 e. The maximum atomic E-state index is 13.5. The fourth-order valence-electron chi connectivity index (χ4n) is 3.70. The molecule has 2 heterocycles. The molecule has 1 aliphatic rings. The van der Waals surface area contributed by atoms with Gasteiger partial charge in [-0.25, -0.2) is 9.79 Å². The fourth-order valence-corrected chi connectivity index (χ4v) is 4.99. The van der Waals surface area contributed by atoms with Gasteiger partial charge in [-0.1, -0.05) is 53.3 Å². The van der Waals surface area contributed by atoms with E-state index in [-0.39, 0.29) is 5.56 Å². The Labute approximate surface area is 194 Å². The van der Waals surface area contributed by atoms with Crippen LogP contribution in [-0.4, -0.2) is 31.7 Å². The number of carbonyl (C=O) groups excluding carboxylic acids is 1. The molecule has 0 unspecified atom stereocenters. The van der Waals surface area contributed by atoms with E-state index in [1.807, 2.05) is 61.5 Å². The van der Waals surface area contributed by atoms with Gasteiger partial charge in [0.2, 0.25) is 0 Å². The lowest BCUT2D eigenvalue weighted by molar-refractivity contribution is -0.136. The number of hydrogen-bond acceptors (Lipinski definition) is 6. The Kier molecular flexibility index (Phi) is 6.04. The molecule has 1 aliphatic heterocycles. The van der Waals surface area contributed by atoms with Gasteiger partial charge in [0, 0.05) is 24.8 Å². The Morgan fingerprint density at radius 3 is 2.50 bits per heavy atom. The Balaban J connectivity index is 1.93. The van der Waals surface area contributed by atoms with Crippen molar-refractivity contribution in [3.63, 3.8) is 0 Å². The van der Waals surface area contributed by atoms with Crippen molar-refractivity contribution in [2.24, 2.45) is 4.99 Å². The molecule has 1 atom stereocenters. The van der Waals surface area contributed by atoms with Crippen molar-refractivity contribution in [2.75, 3.05) is 26.1 Å². The monoisotopic (exact) mass is 467 g/mol. The largest absolute Gasteiger partial charge is 0.466 e. The first kappa shape index (κ1) is 22.0. The maximum absolute atomic E-state index is 13.5. The highest BCUT2D eigenvalue weighted by molar-refractivity contribution is 7.07. The average Bonchev–Trinajstić information content (AvgIpc) is 3.07. The van der Waals surface area contributed by atoms with Gasteiger partial charge in [0.05, 0.1) is 22.9 Å². The van der Waals surface area contributed by atoms with Gasteiger partial charge in [-0.05, 0) is 42.3 Å². The van der Waals surface area contributed by atoms with Gasteiger partial charge in [0.1, 0.15) is 6.04 Å². The summed E-state index contributed by atoms with van der Waals surface area (Å²) in [7, 11) is 5.26. The average molecular weight is 468 g/mol. The summed E-state index contributed by atoms with van der Waals surface area (Å²) in [4.78, 5) is 33.3. The number of hydrogen-bond donors (Lipinski definition) is 0. The molecular formula is C24H22ClN3O3S. The van der Waals surface area contributed by atoms with Gasteiger partial charge in [-0.3, -0.25) is 9.36 Å². The highest BCUT2D eigenvalue weighted by atomic mass is 35.5. The van der Waals surface area contributed by atoms with Crippen molar-refractivity contribution in [3.8, 4) is 0 Å². The van der Waals surface area contributed by atoms with Crippen LogP contribution in [0.3, 0.4) is 0 Å². The first-order valence-electron chi connectivity index (χ1n) is 9.94. The van der Waals surface area contributed by atoms with Crippen molar-refractivity contribution in [2.45, 2.75) is 13.0 Å². The first-order valence-corrected chi connectivity index (χ1v) is 11.1. The molecule has 164 valence electrons. The molecule has 3 aromatic rings. The molecule has 0 saturated heterocycles. The summed E-state index contributed by atoms with van der Waals surface area (Å²) in [5.74, 6) is -0.537. The van der Waals surface area contributed by atoms with Crippen LogP contribution in [0.15, 0.2) is 69.6 Å². The van der Waals surface area contributed by atoms with E-state index >= 15 is 0 Å². The number of ether oxygens (including phenoxy) is 1. The van der Waals surface area contributed by atoms with Crippen LogP contribution in [0.2, 0.25) is 5.02 Å². The van der Waals surface area contributed by atoms with Gasteiger partial charge in [-0.2, -0.15) is 0 Å². The highest BCUT2D eigenvalue weighted by Gasteiger charge is 2.34. The lowest BCUT2D eigenvalue weighted by Crippen LogP contribution is -2.39. The van der Waals surface area contributed by atoms with Gasteiger partial charge >= 0.3 is 5.97 Å². The summed E-state index contributed by atoms with van der Waals surface area (Å²) in [5, 5.41) is 0.461. The molecule has 0 radical (unpaired) electrons. The fraction of sp³-hybridized carbons (Fsp3) is 0.208. The molecule has 6 nitrogen and oxygen atoms in total. The molecule has 0 aliphatic carbocycles. The van der Waals surface area contributed by atoms with Gasteiger partial charge in [0.25, 0.3) is 5.56 Å². The Bertz CT molecular complexity index is 1400. The van der Waals surface area contributed by atoms with Crippen LogP contribution < -0.4 is 19.8 Å². The van der Waals surface area contributed by atoms with Crippen molar-refractivity contribution < 1.29 is 9.53 Å². The second kappa shape index (κ2) is 8.76. The minimum atomic E-state index is -0.717. The zero-order valence-corrected chi connectivity index (χ0v) is 19.7. The molecule has 0 amide bonds.